The molecule has 0 unspecified atom stereocenters. The van der Waals surface area contributed by atoms with Gasteiger partial charge < -0.3 is 10.6 Å². The van der Waals surface area contributed by atoms with Crippen LogP contribution in [0.25, 0.3) is 0 Å². The molecule has 2 heterocycles. The number of nitrogens with one attached hydrogen (secondary N) is 2. The Balaban J connectivity index is 1.54. The second kappa shape index (κ2) is 7.85. The quantitative estimate of drug-likeness (QED) is 0.842. The SMILES string of the molecule is Cc1ccc(S(=O)(=O)N2CCC(NC(=O)C3CCNCC3)CC2)cc1. The van der Waals surface area contributed by atoms with Crippen molar-refractivity contribution < 1.29 is 13.2 Å². The average Bonchev–Trinajstić information content (AvgIpc) is 2.63. The summed E-state index contributed by atoms with van der Waals surface area (Å²) in [6.07, 6.45) is 3.10. The number of sulfonamides is 1. The highest BCUT2D eigenvalue weighted by Gasteiger charge is 2.31. The first-order chi connectivity index (χ1) is 12.0. The zero-order chi connectivity index (χ0) is 17.9. The summed E-state index contributed by atoms with van der Waals surface area (Å²) in [7, 11) is -3.44. The van der Waals surface area contributed by atoms with Gasteiger partial charge in [-0.15, -0.1) is 0 Å². The Bertz CT molecular complexity index is 689. The van der Waals surface area contributed by atoms with Gasteiger partial charge in [0, 0.05) is 25.0 Å². The highest BCUT2D eigenvalue weighted by molar-refractivity contribution is 7.89. The third kappa shape index (κ3) is 4.40. The predicted molar refractivity (Wildman–Crippen MR) is 96.7 cm³/mol. The van der Waals surface area contributed by atoms with E-state index >= 15 is 0 Å². The van der Waals surface area contributed by atoms with Crippen molar-refractivity contribution in [2.75, 3.05) is 26.2 Å². The summed E-state index contributed by atoms with van der Waals surface area (Å²) in [5, 5.41) is 6.38. The monoisotopic (exact) mass is 365 g/mol. The number of carbonyl (C=O) groups excluding carboxylic acids is 1. The minimum Gasteiger partial charge on any atom is -0.353 e. The lowest BCUT2D eigenvalue weighted by molar-refractivity contribution is -0.126. The Kier molecular flexibility index (Phi) is 5.76. The molecular weight excluding hydrogens is 338 g/mol. The number of hydrogen-bond donors (Lipinski definition) is 2. The number of rotatable bonds is 4. The van der Waals surface area contributed by atoms with E-state index in [4.69, 9.17) is 0 Å². The zero-order valence-corrected chi connectivity index (χ0v) is 15.5. The van der Waals surface area contributed by atoms with Gasteiger partial charge in [0.1, 0.15) is 0 Å². The lowest BCUT2D eigenvalue weighted by Gasteiger charge is -2.33. The minimum absolute atomic E-state index is 0.0758. The van der Waals surface area contributed by atoms with Crippen molar-refractivity contribution in [3.8, 4) is 0 Å². The fourth-order valence-electron chi connectivity index (χ4n) is 3.50. The van der Waals surface area contributed by atoms with E-state index in [2.05, 4.69) is 10.6 Å². The lowest BCUT2D eigenvalue weighted by atomic mass is 9.96. The van der Waals surface area contributed by atoms with E-state index in [1.165, 1.54) is 4.31 Å². The molecule has 2 aliphatic heterocycles. The lowest BCUT2D eigenvalue weighted by Crippen LogP contribution is -2.48. The van der Waals surface area contributed by atoms with Gasteiger partial charge in [0.2, 0.25) is 15.9 Å². The van der Waals surface area contributed by atoms with Crippen molar-refractivity contribution in [2.45, 2.75) is 43.5 Å². The van der Waals surface area contributed by atoms with Crippen LogP contribution < -0.4 is 10.6 Å². The first-order valence-electron chi connectivity index (χ1n) is 9.05. The van der Waals surface area contributed by atoms with E-state index in [-0.39, 0.29) is 17.9 Å². The van der Waals surface area contributed by atoms with Crippen LogP contribution in [0.2, 0.25) is 0 Å². The predicted octanol–water partition coefficient (Wildman–Crippen LogP) is 1.26. The van der Waals surface area contributed by atoms with Crippen LogP contribution in [0.5, 0.6) is 0 Å². The summed E-state index contributed by atoms with van der Waals surface area (Å²) in [6, 6.07) is 7.04. The molecule has 1 aromatic rings. The molecule has 2 fully saturated rings. The third-order valence-electron chi connectivity index (χ3n) is 5.17. The number of aryl methyl sites for hydroxylation is 1. The maximum absolute atomic E-state index is 12.7. The molecule has 138 valence electrons. The largest absolute Gasteiger partial charge is 0.353 e. The van der Waals surface area contributed by atoms with Crippen LogP contribution in [0.1, 0.15) is 31.2 Å². The molecule has 2 saturated heterocycles. The molecule has 25 heavy (non-hydrogen) atoms. The summed E-state index contributed by atoms with van der Waals surface area (Å²) < 4.78 is 26.9. The number of nitrogens with zero attached hydrogens (tertiary/aromatic N) is 1. The van der Waals surface area contributed by atoms with Gasteiger partial charge in [-0.1, -0.05) is 17.7 Å². The van der Waals surface area contributed by atoms with Crippen LogP contribution in [0.15, 0.2) is 29.2 Å². The van der Waals surface area contributed by atoms with Crippen molar-refractivity contribution in [1.82, 2.24) is 14.9 Å². The Morgan fingerprint density at radius 2 is 1.68 bits per heavy atom. The van der Waals surface area contributed by atoms with E-state index in [9.17, 15) is 13.2 Å². The number of amides is 1. The Hall–Kier alpha value is -1.44. The smallest absolute Gasteiger partial charge is 0.243 e. The summed E-state index contributed by atoms with van der Waals surface area (Å²) in [6.45, 7) is 4.63. The van der Waals surface area contributed by atoms with Gasteiger partial charge in [-0.3, -0.25) is 4.79 Å². The molecule has 0 atom stereocenters. The van der Waals surface area contributed by atoms with Gasteiger partial charge in [-0.2, -0.15) is 4.31 Å². The molecule has 2 aliphatic rings. The van der Waals surface area contributed by atoms with Gasteiger partial charge in [-0.25, -0.2) is 8.42 Å². The average molecular weight is 365 g/mol. The summed E-state index contributed by atoms with van der Waals surface area (Å²) in [5.41, 5.74) is 1.04. The molecule has 3 rings (SSSR count). The first kappa shape index (κ1) is 18.4. The molecule has 0 aromatic heterocycles. The number of piperidine rings is 2. The molecule has 1 amide bonds. The second-order valence-electron chi connectivity index (χ2n) is 7.02. The maximum atomic E-state index is 12.7. The number of carbonyl (C=O) groups is 1. The van der Waals surface area contributed by atoms with Crippen molar-refractivity contribution >= 4 is 15.9 Å². The van der Waals surface area contributed by atoms with Crippen LogP contribution in [0.4, 0.5) is 0 Å². The second-order valence-corrected chi connectivity index (χ2v) is 8.96. The van der Waals surface area contributed by atoms with E-state index < -0.39 is 10.0 Å². The number of benzene rings is 1. The molecule has 0 aliphatic carbocycles. The molecule has 0 bridgehead atoms. The maximum Gasteiger partial charge on any atom is 0.243 e. The normalized spacial score (nSPS) is 21.2. The molecule has 7 heteroatoms. The van der Waals surface area contributed by atoms with Crippen LogP contribution >= 0.6 is 0 Å². The van der Waals surface area contributed by atoms with Crippen molar-refractivity contribution in [1.29, 1.82) is 0 Å². The Labute approximate surface area is 150 Å². The summed E-state index contributed by atoms with van der Waals surface area (Å²) in [4.78, 5) is 12.7. The van der Waals surface area contributed by atoms with Gasteiger partial charge in [0.25, 0.3) is 0 Å². The molecular formula is C18H27N3O3S. The summed E-state index contributed by atoms with van der Waals surface area (Å²) >= 11 is 0. The summed E-state index contributed by atoms with van der Waals surface area (Å²) in [5.74, 6) is 0.219. The van der Waals surface area contributed by atoms with Crippen molar-refractivity contribution in [2.24, 2.45) is 5.92 Å². The third-order valence-corrected chi connectivity index (χ3v) is 7.08. The molecule has 0 saturated carbocycles. The molecule has 2 N–H and O–H groups in total. The van der Waals surface area contributed by atoms with Gasteiger partial charge in [0.05, 0.1) is 4.90 Å². The highest BCUT2D eigenvalue weighted by Crippen LogP contribution is 2.22. The van der Waals surface area contributed by atoms with E-state index in [0.29, 0.717) is 30.8 Å². The van der Waals surface area contributed by atoms with E-state index in [1.807, 2.05) is 19.1 Å². The van der Waals surface area contributed by atoms with Gasteiger partial charge >= 0.3 is 0 Å². The van der Waals surface area contributed by atoms with Crippen molar-refractivity contribution in [3.63, 3.8) is 0 Å². The van der Waals surface area contributed by atoms with E-state index in [1.54, 1.807) is 12.1 Å². The molecule has 6 nitrogen and oxygen atoms in total. The first-order valence-corrected chi connectivity index (χ1v) is 10.5. The fourth-order valence-corrected chi connectivity index (χ4v) is 4.97. The van der Waals surface area contributed by atoms with Gasteiger partial charge in [-0.05, 0) is 57.8 Å². The van der Waals surface area contributed by atoms with Crippen LogP contribution in [-0.2, 0) is 14.8 Å². The van der Waals surface area contributed by atoms with Crippen LogP contribution in [-0.4, -0.2) is 50.9 Å². The van der Waals surface area contributed by atoms with E-state index in [0.717, 1.165) is 31.5 Å². The highest BCUT2D eigenvalue weighted by atomic mass is 32.2. The van der Waals surface area contributed by atoms with Crippen molar-refractivity contribution in [3.05, 3.63) is 29.8 Å². The Morgan fingerprint density at radius 1 is 1.08 bits per heavy atom. The fraction of sp³-hybridized carbons (Fsp3) is 0.611. The minimum atomic E-state index is -3.44. The molecule has 1 aromatic carbocycles. The van der Waals surface area contributed by atoms with Crippen LogP contribution in [0, 0.1) is 12.8 Å². The van der Waals surface area contributed by atoms with Gasteiger partial charge in [0.15, 0.2) is 0 Å². The van der Waals surface area contributed by atoms with Crippen LogP contribution in [0.3, 0.4) is 0 Å². The zero-order valence-electron chi connectivity index (χ0n) is 14.7. The molecule has 0 spiro atoms. The Morgan fingerprint density at radius 3 is 2.28 bits per heavy atom. The topological polar surface area (TPSA) is 78.5 Å². The standard InChI is InChI=1S/C18H27N3O3S/c1-14-2-4-17(5-3-14)25(23,24)21-12-8-16(9-13-21)20-18(22)15-6-10-19-11-7-15/h2-5,15-16,19H,6-13H2,1H3,(H,20,22). The molecule has 0 radical (unpaired) electrons. The number of hydrogen-bond acceptors (Lipinski definition) is 4.